The highest BCUT2D eigenvalue weighted by molar-refractivity contribution is 7.89. The number of aryl methyl sites for hydroxylation is 2. The molecule has 2 aliphatic heterocycles. The Bertz CT molecular complexity index is 928. The number of fused-ring (bicyclic) bond motifs is 1. The average Bonchev–Trinajstić information content (AvgIpc) is 2.82. The van der Waals surface area contributed by atoms with Crippen LogP contribution in [0.25, 0.3) is 0 Å². The fourth-order valence-corrected chi connectivity index (χ4v) is 6.52. The fourth-order valence-electron chi connectivity index (χ4n) is 5.05. The number of hydrogen-bond acceptors (Lipinski definition) is 5. The van der Waals surface area contributed by atoms with Crippen LogP contribution in [0, 0.1) is 5.92 Å². The second-order valence-corrected chi connectivity index (χ2v) is 11.8. The normalized spacial score (nSPS) is 22.9. The summed E-state index contributed by atoms with van der Waals surface area (Å²) in [6, 6.07) is 5.42. The van der Waals surface area contributed by atoms with Gasteiger partial charge in [0.2, 0.25) is 10.0 Å². The van der Waals surface area contributed by atoms with Crippen LogP contribution in [0.1, 0.15) is 37.8 Å². The van der Waals surface area contributed by atoms with E-state index >= 15 is 0 Å². The van der Waals surface area contributed by atoms with Gasteiger partial charge in [-0.1, -0.05) is 19.9 Å². The first-order valence-electron chi connectivity index (χ1n) is 12.3. The molecule has 8 nitrogen and oxygen atoms in total. The number of ether oxygens (including phenoxy) is 1. The molecule has 1 aromatic carbocycles. The quantitative estimate of drug-likeness (QED) is 0.676. The smallest absolute Gasteiger partial charge is 0.317 e. The van der Waals surface area contributed by atoms with Crippen molar-refractivity contribution in [2.45, 2.75) is 50.5 Å². The molecule has 1 atom stereocenters. The number of hydrogen-bond donors (Lipinski definition) is 1. The van der Waals surface area contributed by atoms with Crippen molar-refractivity contribution in [2.75, 3.05) is 59.0 Å². The molecule has 2 saturated heterocycles. The van der Waals surface area contributed by atoms with Gasteiger partial charge in [0.05, 0.1) is 17.6 Å². The lowest BCUT2D eigenvalue weighted by molar-refractivity contribution is -0.0294. The van der Waals surface area contributed by atoms with Crippen molar-refractivity contribution >= 4 is 16.1 Å². The summed E-state index contributed by atoms with van der Waals surface area (Å²) in [5.41, 5.74) is 2.44. The van der Waals surface area contributed by atoms with Crippen LogP contribution in [0.2, 0.25) is 0 Å². The maximum atomic E-state index is 13.2. The van der Waals surface area contributed by atoms with Gasteiger partial charge < -0.3 is 15.0 Å². The molecule has 9 heteroatoms. The van der Waals surface area contributed by atoms with Crippen molar-refractivity contribution in [1.82, 2.24) is 19.4 Å². The van der Waals surface area contributed by atoms with Gasteiger partial charge >= 0.3 is 6.03 Å². The van der Waals surface area contributed by atoms with Crippen molar-refractivity contribution in [1.29, 1.82) is 0 Å². The largest absolute Gasteiger partial charge is 0.374 e. The summed E-state index contributed by atoms with van der Waals surface area (Å²) in [5, 5.41) is 2.98. The zero-order valence-electron chi connectivity index (χ0n) is 20.0. The van der Waals surface area contributed by atoms with Crippen molar-refractivity contribution in [3.63, 3.8) is 0 Å². The maximum absolute atomic E-state index is 13.2. The van der Waals surface area contributed by atoms with Gasteiger partial charge in [0, 0.05) is 52.4 Å². The SMILES string of the molecule is CC(C)CN1CCO[C@@H](CNC(=O)N2CCN(S(=O)(=O)c3ccc4c(c3)CCCC4)CC2)C1. The summed E-state index contributed by atoms with van der Waals surface area (Å²) in [7, 11) is -3.54. The van der Waals surface area contributed by atoms with Crippen LogP contribution in [0.5, 0.6) is 0 Å². The van der Waals surface area contributed by atoms with Gasteiger partial charge in [0.25, 0.3) is 0 Å². The standard InChI is InChI=1S/C24H38N4O4S/c1-19(2)17-26-13-14-32-22(18-26)16-25-24(29)27-9-11-28(12-10-27)33(30,31)23-8-7-20-5-3-4-6-21(20)15-23/h7-8,15,19,22H,3-6,9-14,16-18H2,1-2H3,(H,25,29)/t22-/m0/s1. The van der Waals surface area contributed by atoms with Crippen LogP contribution in [0.4, 0.5) is 4.79 Å². The average molecular weight is 479 g/mol. The number of nitrogens with one attached hydrogen (secondary N) is 1. The van der Waals surface area contributed by atoms with Gasteiger partial charge in [-0.15, -0.1) is 0 Å². The first-order chi connectivity index (χ1) is 15.8. The highest BCUT2D eigenvalue weighted by Crippen LogP contribution is 2.26. The van der Waals surface area contributed by atoms with E-state index in [9.17, 15) is 13.2 Å². The van der Waals surface area contributed by atoms with Crippen molar-refractivity contribution in [3.05, 3.63) is 29.3 Å². The molecule has 0 bridgehead atoms. The molecule has 33 heavy (non-hydrogen) atoms. The van der Waals surface area contributed by atoms with E-state index in [1.807, 2.05) is 12.1 Å². The Labute approximate surface area is 198 Å². The van der Waals surface area contributed by atoms with E-state index in [4.69, 9.17) is 4.74 Å². The molecule has 184 valence electrons. The summed E-state index contributed by atoms with van der Waals surface area (Å²) in [6.07, 6.45) is 4.27. The zero-order chi connectivity index (χ0) is 23.4. The minimum atomic E-state index is -3.54. The minimum absolute atomic E-state index is 0.00729. The predicted molar refractivity (Wildman–Crippen MR) is 128 cm³/mol. The van der Waals surface area contributed by atoms with Crippen LogP contribution < -0.4 is 5.32 Å². The van der Waals surface area contributed by atoms with Crippen LogP contribution in [0.3, 0.4) is 0 Å². The second kappa shape index (κ2) is 10.7. The molecule has 0 radical (unpaired) electrons. The number of carbonyl (C=O) groups excluding carboxylic acids is 1. The molecule has 2 heterocycles. The van der Waals surface area contributed by atoms with E-state index in [1.54, 1.807) is 11.0 Å². The summed E-state index contributed by atoms with van der Waals surface area (Å²) in [4.78, 5) is 17.1. The highest BCUT2D eigenvalue weighted by atomic mass is 32.2. The Kier molecular flexibility index (Phi) is 7.94. The summed E-state index contributed by atoms with van der Waals surface area (Å²) < 4.78 is 33.7. The summed E-state index contributed by atoms with van der Waals surface area (Å²) in [6.45, 7) is 9.78. The van der Waals surface area contributed by atoms with Gasteiger partial charge in [-0.3, -0.25) is 4.90 Å². The van der Waals surface area contributed by atoms with Crippen LogP contribution in [0.15, 0.2) is 23.1 Å². The molecule has 1 aliphatic carbocycles. The van der Waals surface area contributed by atoms with Crippen LogP contribution in [-0.4, -0.2) is 93.6 Å². The third-order valence-electron chi connectivity index (χ3n) is 6.81. The molecule has 1 aromatic rings. The molecule has 3 aliphatic rings. The first-order valence-corrected chi connectivity index (χ1v) is 13.8. The van der Waals surface area contributed by atoms with E-state index in [1.165, 1.54) is 16.3 Å². The highest BCUT2D eigenvalue weighted by Gasteiger charge is 2.31. The summed E-state index contributed by atoms with van der Waals surface area (Å²) >= 11 is 0. The van der Waals surface area contributed by atoms with E-state index < -0.39 is 10.0 Å². The molecule has 0 saturated carbocycles. The molecule has 2 fully saturated rings. The number of urea groups is 1. The van der Waals surface area contributed by atoms with Crippen molar-refractivity contribution in [2.24, 2.45) is 5.92 Å². The minimum Gasteiger partial charge on any atom is -0.374 e. The van der Waals surface area contributed by atoms with E-state index in [-0.39, 0.29) is 12.1 Å². The first kappa shape index (κ1) is 24.4. The molecule has 0 unspecified atom stereocenters. The van der Waals surface area contributed by atoms with Gasteiger partial charge in [-0.05, 0) is 54.9 Å². The Morgan fingerprint density at radius 2 is 1.82 bits per heavy atom. The number of piperazine rings is 1. The third-order valence-corrected chi connectivity index (χ3v) is 8.71. The molecule has 1 N–H and O–H groups in total. The number of sulfonamides is 1. The molecule has 4 rings (SSSR count). The Balaban J connectivity index is 1.26. The predicted octanol–water partition coefficient (Wildman–Crippen LogP) is 1.94. The monoisotopic (exact) mass is 478 g/mol. The van der Waals surface area contributed by atoms with Crippen LogP contribution in [-0.2, 0) is 27.6 Å². The molecular formula is C24H38N4O4S. The second-order valence-electron chi connectivity index (χ2n) is 9.86. The van der Waals surface area contributed by atoms with Crippen molar-refractivity contribution in [3.8, 4) is 0 Å². The topological polar surface area (TPSA) is 82.2 Å². The Morgan fingerprint density at radius 3 is 2.55 bits per heavy atom. The van der Waals surface area contributed by atoms with E-state index in [0.29, 0.717) is 50.1 Å². The van der Waals surface area contributed by atoms with Crippen molar-refractivity contribution < 1.29 is 17.9 Å². The van der Waals surface area contributed by atoms with E-state index in [0.717, 1.165) is 44.5 Å². The van der Waals surface area contributed by atoms with Gasteiger partial charge in [-0.2, -0.15) is 4.31 Å². The van der Waals surface area contributed by atoms with Gasteiger partial charge in [-0.25, -0.2) is 13.2 Å². The number of rotatable bonds is 6. The Hall–Kier alpha value is -1.68. The van der Waals surface area contributed by atoms with Gasteiger partial charge in [0.15, 0.2) is 0 Å². The number of carbonyl (C=O) groups is 1. The maximum Gasteiger partial charge on any atom is 0.317 e. The molecule has 0 aromatic heterocycles. The van der Waals surface area contributed by atoms with E-state index in [2.05, 4.69) is 24.1 Å². The van der Waals surface area contributed by atoms with Crippen LogP contribution >= 0.6 is 0 Å². The lowest BCUT2D eigenvalue weighted by atomic mass is 9.92. The molecular weight excluding hydrogens is 440 g/mol. The lowest BCUT2D eigenvalue weighted by Crippen LogP contribution is -2.55. The lowest BCUT2D eigenvalue weighted by Gasteiger charge is -2.36. The number of benzene rings is 1. The zero-order valence-corrected chi connectivity index (χ0v) is 20.8. The van der Waals surface area contributed by atoms with Gasteiger partial charge in [0.1, 0.15) is 0 Å². The Morgan fingerprint density at radius 1 is 1.09 bits per heavy atom. The number of amides is 2. The number of nitrogens with zero attached hydrogens (tertiary/aromatic N) is 3. The summed E-state index contributed by atoms with van der Waals surface area (Å²) in [5.74, 6) is 0.604. The number of morpholine rings is 1. The molecule has 0 spiro atoms. The molecule has 2 amide bonds. The fraction of sp³-hybridized carbons (Fsp3) is 0.708. The third kappa shape index (κ3) is 6.07.